The van der Waals surface area contributed by atoms with Crippen molar-refractivity contribution in [3.8, 4) is 5.75 Å². The van der Waals surface area contributed by atoms with Crippen molar-refractivity contribution >= 4 is 34.9 Å². The molecule has 0 spiro atoms. The van der Waals surface area contributed by atoms with Crippen LogP contribution in [0.3, 0.4) is 0 Å². The minimum Gasteiger partial charge on any atom is -0.497 e. The van der Waals surface area contributed by atoms with Gasteiger partial charge in [-0.25, -0.2) is 0 Å². The fraction of sp³-hybridized carbons (Fsp3) is 0.522. The van der Waals surface area contributed by atoms with Crippen molar-refractivity contribution in [2.75, 3.05) is 13.7 Å². The molecule has 1 saturated heterocycles. The number of methoxy groups -OCH3 is 1. The molecule has 1 aliphatic heterocycles. The van der Waals surface area contributed by atoms with Crippen molar-refractivity contribution in [2.45, 2.75) is 44.1 Å². The van der Waals surface area contributed by atoms with E-state index in [0.29, 0.717) is 4.91 Å². The van der Waals surface area contributed by atoms with Gasteiger partial charge in [-0.15, -0.1) is 0 Å². The fourth-order valence-electron chi connectivity index (χ4n) is 6.23. The lowest BCUT2D eigenvalue weighted by molar-refractivity contribution is -0.132. The third kappa shape index (κ3) is 3.64. The van der Waals surface area contributed by atoms with Gasteiger partial charge in [-0.2, -0.15) is 0 Å². The molecule has 4 bridgehead atoms. The normalized spacial score (nSPS) is 33.4. The highest BCUT2D eigenvalue weighted by Gasteiger charge is 2.51. The van der Waals surface area contributed by atoms with E-state index in [2.05, 4.69) is 5.32 Å². The molecule has 4 aliphatic carbocycles. The molecular weight excluding hydrogens is 400 g/mol. The lowest BCUT2D eigenvalue weighted by Gasteiger charge is -2.56. The van der Waals surface area contributed by atoms with Gasteiger partial charge in [-0.05, 0) is 91.8 Å². The summed E-state index contributed by atoms with van der Waals surface area (Å²) in [5.41, 5.74) is 0.686. The van der Waals surface area contributed by atoms with E-state index in [1.165, 1.54) is 19.3 Å². The van der Waals surface area contributed by atoms with Crippen molar-refractivity contribution in [2.24, 2.45) is 17.8 Å². The lowest BCUT2D eigenvalue weighted by atomic mass is 9.53. The number of rotatable bonds is 5. The van der Waals surface area contributed by atoms with E-state index in [4.69, 9.17) is 4.74 Å². The van der Waals surface area contributed by atoms with Gasteiger partial charge in [0.05, 0.1) is 12.0 Å². The molecule has 0 aromatic heterocycles. The second-order valence-electron chi connectivity index (χ2n) is 9.29. The van der Waals surface area contributed by atoms with Crippen molar-refractivity contribution < 1.29 is 19.1 Å². The monoisotopic (exact) mass is 426 g/mol. The zero-order valence-corrected chi connectivity index (χ0v) is 17.9. The molecule has 1 aromatic carbocycles. The number of amides is 3. The first-order chi connectivity index (χ1) is 14.4. The van der Waals surface area contributed by atoms with Crippen molar-refractivity contribution in [1.29, 1.82) is 0 Å². The molecule has 5 aliphatic rings. The van der Waals surface area contributed by atoms with Crippen molar-refractivity contribution in [3.63, 3.8) is 0 Å². The van der Waals surface area contributed by atoms with Gasteiger partial charge in [0.15, 0.2) is 0 Å². The van der Waals surface area contributed by atoms with Crippen LogP contribution in [0.2, 0.25) is 0 Å². The highest BCUT2D eigenvalue weighted by Crippen LogP contribution is 2.55. The Bertz CT molecular complexity index is 888. The number of thioether (sulfide) groups is 1. The Kier molecular flexibility index (Phi) is 4.88. The maximum atomic E-state index is 12.8. The first kappa shape index (κ1) is 19.7. The van der Waals surface area contributed by atoms with Crippen LogP contribution in [0.25, 0.3) is 6.08 Å². The standard InChI is InChI=1S/C23H26N2O4S/c1-29-18-4-2-14(3-5-18)9-19-21(27)25(22(28)30-19)13-20(26)24-23-10-15-6-16(11-23)8-17(7-15)12-23/h2-5,9,15-17H,6-8,10-13H2,1H3,(H,24,26). The highest BCUT2D eigenvalue weighted by atomic mass is 32.2. The first-order valence-electron chi connectivity index (χ1n) is 10.6. The number of carbonyl (C=O) groups is 3. The number of hydrogen-bond donors (Lipinski definition) is 1. The van der Waals surface area contributed by atoms with E-state index in [-0.39, 0.29) is 23.2 Å². The van der Waals surface area contributed by atoms with Gasteiger partial charge < -0.3 is 10.1 Å². The SMILES string of the molecule is COc1ccc(C=C2SC(=O)N(CC(=O)NC34CC5CC(CC(C5)C3)C4)C2=O)cc1. The molecule has 6 nitrogen and oxygen atoms in total. The predicted octanol–water partition coefficient (Wildman–Crippen LogP) is 3.82. The summed E-state index contributed by atoms with van der Waals surface area (Å²) in [4.78, 5) is 39.4. The predicted molar refractivity (Wildman–Crippen MR) is 115 cm³/mol. The minimum absolute atomic E-state index is 0.118. The van der Waals surface area contributed by atoms with E-state index >= 15 is 0 Å². The number of imide groups is 1. The summed E-state index contributed by atoms with van der Waals surface area (Å²) in [5, 5.41) is 2.85. The summed E-state index contributed by atoms with van der Waals surface area (Å²) < 4.78 is 5.14. The molecule has 158 valence electrons. The maximum Gasteiger partial charge on any atom is 0.294 e. The number of nitrogens with one attached hydrogen (secondary N) is 1. The summed E-state index contributed by atoms with van der Waals surface area (Å²) in [6.45, 7) is -0.202. The average Bonchev–Trinajstić information content (AvgIpc) is 2.94. The Hall–Kier alpha value is -2.28. The summed E-state index contributed by atoms with van der Waals surface area (Å²) in [6, 6.07) is 7.25. The van der Waals surface area contributed by atoms with Crippen LogP contribution in [-0.2, 0) is 9.59 Å². The summed E-state index contributed by atoms with van der Waals surface area (Å²) in [7, 11) is 1.59. The van der Waals surface area contributed by atoms with Gasteiger partial charge in [0.25, 0.3) is 11.1 Å². The van der Waals surface area contributed by atoms with Gasteiger partial charge in [-0.1, -0.05) is 12.1 Å². The van der Waals surface area contributed by atoms with E-state index in [0.717, 1.165) is 65.0 Å². The van der Waals surface area contributed by atoms with Gasteiger partial charge >= 0.3 is 0 Å². The molecule has 0 atom stereocenters. The maximum absolute atomic E-state index is 12.8. The van der Waals surface area contributed by atoms with Gasteiger partial charge in [0.2, 0.25) is 5.91 Å². The molecule has 6 rings (SSSR count). The number of carbonyl (C=O) groups excluding carboxylic acids is 3. The average molecular weight is 427 g/mol. The van der Waals surface area contributed by atoms with Gasteiger partial charge in [-0.3, -0.25) is 19.3 Å². The zero-order valence-electron chi connectivity index (χ0n) is 17.1. The fourth-order valence-corrected chi connectivity index (χ4v) is 7.07. The largest absolute Gasteiger partial charge is 0.497 e. The number of ether oxygens (including phenoxy) is 1. The second kappa shape index (κ2) is 7.45. The van der Waals surface area contributed by atoms with E-state index < -0.39 is 5.91 Å². The Labute approximate surface area is 180 Å². The lowest BCUT2D eigenvalue weighted by Crippen LogP contribution is -2.61. The van der Waals surface area contributed by atoms with E-state index in [1.54, 1.807) is 25.3 Å². The summed E-state index contributed by atoms with van der Waals surface area (Å²) >= 11 is 0.886. The van der Waals surface area contributed by atoms with Crippen LogP contribution in [0.1, 0.15) is 44.1 Å². The Morgan fingerprint density at radius 1 is 1.13 bits per heavy atom. The van der Waals surface area contributed by atoms with Gasteiger partial charge in [0.1, 0.15) is 12.3 Å². The molecule has 1 heterocycles. The number of hydrogen-bond acceptors (Lipinski definition) is 5. The molecule has 1 N–H and O–H groups in total. The second-order valence-corrected chi connectivity index (χ2v) is 10.3. The van der Waals surface area contributed by atoms with Crippen LogP contribution in [0, 0.1) is 17.8 Å². The quantitative estimate of drug-likeness (QED) is 0.725. The molecule has 3 amide bonds. The smallest absolute Gasteiger partial charge is 0.294 e. The summed E-state index contributed by atoms with van der Waals surface area (Å²) in [6.07, 6.45) is 8.72. The first-order valence-corrected chi connectivity index (χ1v) is 11.5. The minimum atomic E-state index is -0.401. The molecule has 5 fully saturated rings. The zero-order chi connectivity index (χ0) is 20.9. The molecule has 4 saturated carbocycles. The Morgan fingerprint density at radius 3 is 2.30 bits per heavy atom. The molecule has 0 unspecified atom stereocenters. The van der Waals surface area contributed by atoms with Crippen LogP contribution >= 0.6 is 11.8 Å². The molecule has 30 heavy (non-hydrogen) atoms. The Balaban J connectivity index is 1.25. The number of benzene rings is 1. The molecule has 0 radical (unpaired) electrons. The molecule has 1 aromatic rings. The van der Waals surface area contributed by atoms with E-state index in [1.807, 2.05) is 12.1 Å². The topological polar surface area (TPSA) is 75.7 Å². The van der Waals surface area contributed by atoms with Crippen LogP contribution in [0.5, 0.6) is 5.75 Å². The third-order valence-electron chi connectivity index (χ3n) is 7.03. The van der Waals surface area contributed by atoms with Crippen LogP contribution in [0.4, 0.5) is 4.79 Å². The van der Waals surface area contributed by atoms with Crippen LogP contribution in [0.15, 0.2) is 29.2 Å². The van der Waals surface area contributed by atoms with E-state index in [9.17, 15) is 14.4 Å². The van der Waals surface area contributed by atoms with Crippen LogP contribution in [-0.4, -0.2) is 41.1 Å². The van der Waals surface area contributed by atoms with Gasteiger partial charge in [0, 0.05) is 5.54 Å². The summed E-state index contributed by atoms with van der Waals surface area (Å²) in [5.74, 6) is 2.27. The van der Waals surface area contributed by atoms with Crippen molar-refractivity contribution in [1.82, 2.24) is 10.2 Å². The molecule has 7 heteroatoms. The van der Waals surface area contributed by atoms with Crippen LogP contribution < -0.4 is 10.1 Å². The highest BCUT2D eigenvalue weighted by molar-refractivity contribution is 8.18. The van der Waals surface area contributed by atoms with Crippen molar-refractivity contribution in [3.05, 3.63) is 34.7 Å². The number of nitrogens with zero attached hydrogens (tertiary/aromatic N) is 1. The molecular formula is C23H26N2O4S. The third-order valence-corrected chi connectivity index (χ3v) is 7.94. The Morgan fingerprint density at radius 2 is 1.73 bits per heavy atom.